The maximum atomic E-state index is 14.4. The fourth-order valence-corrected chi connectivity index (χ4v) is 19.0. The predicted octanol–water partition coefficient (Wildman–Crippen LogP) is 7.26. The van der Waals surface area contributed by atoms with E-state index in [4.69, 9.17) is 31.0 Å². The smallest absolute Gasteiger partial charge is 0.410 e. The zero-order valence-corrected chi connectivity index (χ0v) is 64.2. The lowest BCUT2D eigenvalue weighted by Crippen LogP contribution is -2.64. The molecule has 2 aliphatic heterocycles. The Morgan fingerprint density at radius 3 is 2.16 bits per heavy atom. The number of carbonyl (C=O) groups excluding carboxylic acids is 9. The van der Waals surface area contributed by atoms with E-state index in [1.165, 1.54) is 54.3 Å². The van der Waals surface area contributed by atoms with Crippen molar-refractivity contribution in [1.82, 2.24) is 45.5 Å². The Morgan fingerprint density at radius 1 is 0.775 bits per heavy atom. The highest BCUT2D eigenvalue weighted by atomic mass is 32.2. The van der Waals surface area contributed by atoms with Gasteiger partial charge in [-0.1, -0.05) is 81.9 Å². The van der Waals surface area contributed by atoms with E-state index in [-0.39, 0.29) is 98.6 Å². The average molecular weight is 1570 g/mol. The van der Waals surface area contributed by atoms with Gasteiger partial charge < -0.3 is 56.9 Å². The van der Waals surface area contributed by atoms with Gasteiger partial charge in [0.2, 0.25) is 17.7 Å². The molecule has 34 heteroatoms. The van der Waals surface area contributed by atoms with Gasteiger partial charge in [-0.05, 0) is 165 Å². The standard InChI is InChI=1S/C77H94N14O18S2/c1-46(2)64(85-67(98)57(38-111(105,106)107)81-60(92)18-7-6-10-30-89-61(93)25-26-62(89)94)68(99)82-56(16-12-29-78)69(100)91(71(79)103)50-21-19-48(20-22-50)37-108-73(104)87(32-28-63(95)96)33-34-109-77-42-74(4)39-75(5,43-77)41-76(40-74,44-77)45-90-47(3)53(35-80-90)51-23-24-59(84-65(51)70(101)102)88-31-27-49-13-11-14-52(54(49)36-88)66(97)86-72-83-55-15-8-9-17-58(55)110-72/h8-9,11,13-15,17,19-26,35,46,56-57,64H,6-7,10,12,16,18,27-34,36-45,78H2,1-5H3,(H2,79,103)(H,81,92)(H,82,99)(H,85,98)(H,95,96)(H,101,102)(H,83,86,97)(H,105,106,107)/t56-,57-,64-,74?,75?,76?,77?/m0/s1. The number of carboxylic acid groups (broad SMARTS) is 2. The fourth-order valence-electron chi connectivity index (χ4n) is 17.5. The van der Waals surface area contributed by atoms with Crippen molar-refractivity contribution < 1.29 is 85.4 Å². The molecule has 6 aromatic rings. The number of nitrogens with two attached hydrogens (primary N) is 2. The number of benzene rings is 3. The maximum absolute atomic E-state index is 14.4. The second kappa shape index (κ2) is 34.0. The molecule has 6 aliphatic rings. The van der Waals surface area contributed by atoms with Crippen LogP contribution < -0.4 is 42.5 Å². The van der Waals surface area contributed by atoms with Crippen LogP contribution in [0, 0.1) is 29.1 Å². The number of para-hydroxylation sites is 1. The molecule has 5 atom stereocenters. The molecule has 0 spiro atoms. The molecular weight excluding hydrogens is 1470 g/mol. The topological polar surface area (TPSA) is 458 Å². The van der Waals surface area contributed by atoms with Crippen molar-refractivity contribution >= 4 is 114 Å². The minimum Gasteiger partial charge on any atom is -0.481 e. The van der Waals surface area contributed by atoms with E-state index >= 15 is 0 Å². The number of aliphatic carboxylic acids is 1. The molecule has 11 N–H and O–H groups in total. The summed E-state index contributed by atoms with van der Waals surface area (Å²) in [5, 5.41) is 36.2. The summed E-state index contributed by atoms with van der Waals surface area (Å²) in [7, 11) is -4.90. The Morgan fingerprint density at radius 2 is 1.50 bits per heavy atom. The van der Waals surface area contributed by atoms with E-state index in [1.807, 2.05) is 59.0 Å². The highest BCUT2D eigenvalue weighted by molar-refractivity contribution is 7.85. The lowest BCUT2D eigenvalue weighted by Gasteiger charge is -2.69. The second-order valence-electron chi connectivity index (χ2n) is 30.9. The van der Waals surface area contributed by atoms with Crippen molar-refractivity contribution in [3.8, 4) is 11.1 Å². The van der Waals surface area contributed by atoms with Crippen molar-refractivity contribution in [3.05, 3.63) is 131 Å². The number of hydrogen-bond donors (Lipinski definition) is 9. The number of ether oxygens (including phenoxy) is 2. The van der Waals surface area contributed by atoms with Gasteiger partial charge in [0.1, 0.15) is 36.3 Å². The normalized spacial score (nSPS) is 20.5. The van der Waals surface area contributed by atoms with Gasteiger partial charge >= 0.3 is 24.1 Å². The first-order chi connectivity index (χ1) is 52.6. The van der Waals surface area contributed by atoms with Gasteiger partial charge in [0.15, 0.2) is 10.8 Å². The third-order valence-electron chi connectivity index (χ3n) is 21.4. The largest absolute Gasteiger partial charge is 0.481 e. The summed E-state index contributed by atoms with van der Waals surface area (Å²) in [6.45, 7) is 10.6. The molecule has 2 unspecified atom stereocenters. The molecule has 4 saturated carbocycles. The highest BCUT2D eigenvalue weighted by Crippen LogP contribution is 2.72. The molecular formula is C77H94N14O18S2. The SMILES string of the molecule is Cc1c(-c2ccc(N3CCc4cccc(C(=O)Nc5nc6ccccc6s5)c4C3)nc2C(=O)O)cnn1CC12CC3(C)CC(C)(C1)CC(OCCN(CCC(=O)O)C(=O)OCc1ccc(N(C(N)=O)C(=O)[C@H](CCCN)NC(=O)[C@@H](NC(=O)[C@H](CS(=O)(=O)O)NC(=O)CCCCCN4C(=O)C=CC4=O)C(C)C)cc1)(C3)C2. The summed E-state index contributed by atoms with van der Waals surface area (Å²) in [5.74, 6) is -9.03. The molecule has 3 aromatic carbocycles. The lowest BCUT2D eigenvalue weighted by atomic mass is 9.39. The molecule has 10 amide bonds. The number of rotatable bonds is 35. The molecule has 12 rings (SSSR count). The molecule has 4 bridgehead atoms. The van der Waals surface area contributed by atoms with Crippen LogP contribution >= 0.6 is 11.3 Å². The number of fused-ring (bicyclic) bond motifs is 2. The van der Waals surface area contributed by atoms with Crippen LogP contribution in [0.15, 0.2) is 97.2 Å². The summed E-state index contributed by atoms with van der Waals surface area (Å²) in [4.78, 5) is 159. The molecule has 0 saturated heterocycles. The van der Waals surface area contributed by atoms with Crippen LogP contribution in [0.5, 0.6) is 0 Å². The van der Waals surface area contributed by atoms with Gasteiger partial charge in [-0.2, -0.15) is 13.5 Å². The summed E-state index contributed by atoms with van der Waals surface area (Å²) in [6, 6.07) is 16.4. The Hall–Kier alpha value is -10.5. The quantitative estimate of drug-likeness (QED) is 0.0107. The first-order valence-electron chi connectivity index (χ1n) is 37.0. The predicted molar refractivity (Wildman–Crippen MR) is 408 cm³/mol. The molecule has 5 heterocycles. The summed E-state index contributed by atoms with van der Waals surface area (Å²) >= 11 is 1.39. The van der Waals surface area contributed by atoms with Gasteiger partial charge in [0.05, 0.1) is 40.7 Å². The third-order valence-corrected chi connectivity index (χ3v) is 23.1. The first kappa shape index (κ1) is 81.4. The second-order valence-corrected chi connectivity index (χ2v) is 33.4. The summed E-state index contributed by atoms with van der Waals surface area (Å²) in [5.41, 5.74) is 15.6. The Balaban J connectivity index is 0.701. The van der Waals surface area contributed by atoms with Gasteiger partial charge in [-0.3, -0.25) is 57.8 Å². The molecule has 32 nitrogen and oxygen atoms in total. The van der Waals surface area contributed by atoms with Gasteiger partial charge in [-0.25, -0.2) is 29.3 Å². The van der Waals surface area contributed by atoms with Crippen LogP contribution in [0.2, 0.25) is 0 Å². The minimum absolute atomic E-state index is 0.0192. The number of urea groups is 1. The fraction of sp³-hybridized carbons (Fsp3) is 0.481. The molecule has 0 radical (unpaired) electrons. The number of aromatic nitrogens is 4. The lowest BCUT2D eigenvalue weighted by molar-refractivity contribution is -0.248. The van der Waals surface area contributed by atoms with Crippen molar-refractivity contribution in [2.75, 3.05) is 60.2 Å². The highest BCUT2D eigenvalue weighted by Gasteiger charge is 2.66. The van der Waals surface area contributed by atoms with Gasteiger partial charge in [-0.15, -0.1) is 0 Å². The van der Waals surface area contributed by atoms with Gasteiger partial charge in [0, 0.05) is 80.2 Å². The summed E-state index contributed by atoms with van der Waals surface area (Å²) < 4.78 is 49.6. The van der Waals surface area contributed by atoms with Crippen molar-refractivity contribution in [2.45, 2.75) is 168 Å². The first-order valence-corrected chi connectivity index (χ1v) is 39.5. The van der Waals surface area contributed by atoms with E-state index < -0.39 is 111 Å². The number of nitrogens with zero attached hydrogens (tertiary/aromatic N) is 8. The minimum atomic E-state index is -4.90. The number of nitrogens with one attached hydrogen (secondary N) is 4. The number of unbranched alkanes of at least 4 members (excludes halogenated alkanes) is 2. The van der Waals surface area contributed by atoms with E-state index in [9.17, 15) is 75.9 Å². The number of carboxylic acids is 2. The van der Waals surface area contributed by atoms with Crippen LogP contribution in [0.1, 0.15) is 154 Å². The number of amides is 10. The monoisotopic (exact) mass is 1570 g/mol. The van der Waals surface area contributed by atoms with Crippen LogP contribution in [0.3, 0.4) is 0 Å². The molecule has 111 heavy (non-hydrogen) atoms. The number of carbonyl (C=O) groups is 11. The van der Waals surface area contributed by atoms with Crippen LogP contribution in [-0.2, 0) is 79.3 Å². The number of pyridine rings is 1. The van der Waals surface area contributed by atoms with E-state index in [1.54, 1.807) is 18.3 Å². The number of hydrogen-bond acceptors (Lipinski definition) is 21. The number of thiazole rings is 1. The van der Waals surface area contributed by atoms with Crippen LogP contribution in [-0.4, -0.2) is 187 Å². The Labute approximate surface area is 645 Å². The van der Waals surface area contributed by atoms with Crippen molar-refractivity contribution in [2.24, 2.45) is 33.6 Å². The van der Waals surface area contributed by atoms with E-state index in [0.29, 0.717) is 83.4 Å². The number of aromatic carboxylic acids is 1. The number of imide groups is 2. The zero-order valence-electron chi connectivity index (χ0n) is 62.5. The molecule has 4 fully saturated rings. The molecule has 3 aromatic heterocycles. The number of primary amides is 1. The van der Waals surface area contributed by atoms with Crippen molar-refractivity contribution in [1.29, 1.82) is 0 Å². The van der Waals surface area contributed by atoms with Crippen molar-refractivity contribution in [3.63, 3.8) is 0 Å². The maximum Gasteiger partial charge on any atom is 0.410 e. The van der Waals surface area contributed by atoms with Gasteiger partial charge in [0.25, 0.3) is 33.7 Å². The Kier molecular flexibility index (Phi) is 24.9. The van der Waals surface area contributed by atoms with Crippen LogP contribution in [0.4, 0.5) is 26.2 Å². The number of anilines is 3. The molecule has 592 valence electrons. The van der Waals surface area contributed by atoms with Crippen LogP contribution in [0.25, 0.3) is 21.3 Å². The average Bonchev–Trinajstić information content (AvgIpc) is 0.920. The zero-order chi connectivity index (χ0) is 79.9. The Bertz CT molecular complexity index is 4680. The third kappa shape index (κ3) is 19.6. The summed E-state index contributed by atoms with van der Waals surface area (Å²) in [6.07, 6.45) is 9.02. The van der Waals surface area contributed by atoms with E-state index in [0.717, 1.165) is 76.2 Å². The molecule has 4 aliphatic carbocycles. The van der Waals surface area contributed by atoms with E-state index in [2.05, 4.69) is 40.1 Å².